The van der Waals surface area contributed by atoms with Gasteiger partial charge in [-0.05, 0) is 42.3 Å². The summed E-state index contributed by atoms with van der Waals surface area (Å²) in [6, 6.07) is 7.14. The Hall–Kier alpha value is -2.07. The molecule has 0 bridgehead atoms. The summed E-state index contributed by atoms with van der Waals surface area (Å²) in [7, 11) is -3.95. The lowest BCUT2D eigenvalue weighted by Crippen LogP contribution is -2.14. The predicted molar refractivity (Wildman–Crippen MR) is 99.5 cm³/mol. The van der Waals surface area contributed by atoms with E-state index in [0.717, 1.165) is 23.5 Å². The van der Waals surface area contributed by atoms with E-state index >= 15 is 0 Å². The molecule has 0 fully saturated rings. The highest BCUT2D eigenvalue weighted by Gasteiger charge is 2.21. The van der Waals surface area contributed by atoms with E-state index in [9.17, 15) is 22.3 Å². The first-order chi connectivity index (χ1) is 12.7. The molecule has 0 aliphatic carbocycles. The summed E-state index contributed by atoms with van der Waals surface area (Å²) >= 11 is 6.89. The van der Waals surface area contributed by atoms with Gasteiger partial charge in [0.25, 0.3) is 10.0 Å². The number of nitrogens with one attached hydrogen (secondary N) is 1. The molecule has 142 valence electrons. The maximum atomic E-state index is 13.3. The normalized spacial score (nSPS) is 12.8. The van der Waals surface area contributed by atoms with E-state index < -0.39 is 27.8 Å². The summed E-state index contributed by atoms with van der Waals surface area (Å²) in [5.74, 6) is -1.67. The van der Waals surface area contributed by atoms with Crippen LogP contribution in [-0.2, 0) is 10.0 Å². The maximum Gasteiger partial charge on any atom is 0.263 e. The van der Waals surface area contributed by atoms with Crippen molar-refractivity contribution in [3.05, 3.63) is 75.3 Å². The van der Waals surface area contributed by atoms with E-state index in [1.807, 2.05) is 0 Å². The Bertz CT molecular complexity index is 1080. The van der Waals surface area contributed by atoms with Gasteiger partial charge < -0.3 is 5.11 Å². The Labute approximate surface area is 163 Å². The van der Waals surface area contributed by atoms with Crippen LogP contribution in [0.4, 0.5) is 13.9 Å². The van der Waals surface area contributed by atoms with Crippen molar-refractivity contribution in [3.63, 3.8) is 0 Å². The van der Waals surface area contributed by atoms with Crippen molar-refractivity contribution in [1.29, 1.82) is 0 Å². The number of halogens is 3. The van der Waals surface area contributed by atoms with Gasteiger partial charge in [0.2, 0.25) is 0 Å². The van der Waals surface area contributed by atoms with Gasteiger partial charge >= 0.3 is 0 Å². The lowest BCUT2D eigenvalue weighted by atomic mass is 10.1. The highest BCUT2D eigenvalue weighted by molar-refractivity contribution is 7.93. The lowest BCUT2D eigenvalue weighted by Gasteiger charge is -2.10. The van der Waals surface area contributed by atoms with Crippen LogP contribution in [0, 0.1) is 18.6 Å². The molecule has 3 rings (SSSR count). The number of hydrogen-bond donors (Lipinski definition) is 2. The zero-order valence-corrected chi connectivity index (χ0v) is 16.2. The maximum absolute atomic E-state index is 13.3. The van der Waals surface area contributed by atoms with Crippen molar-refractivity contribution in [2.24, 2.45) is 0 Å². The third-order valence-electron chi connectivity index (χ3n) is 3.73. The molecule has 27 heavy (non-hydrogen) atoms. The largest absolute Gasteiger partial charge is 0.382 e. The van der Waals surface area contributed by atoms with Gasteiger partial charge in [-0.1, -0.05) is 17.7 Å². The third-order valence-corrected chi connectivity index (χ3v) is 6.53. The second kappa shape index (κ2) is 7.51. The van der Waals surface area contributed by atoms with E-state index in [-0.39, 0.29) is 21.3 Å². The average molecular weight is 431 g/mol. The number of sulfonamides is 1. The van der Waals surface area contributed by atoms with Gasteiger partial charge in [-0.15, -0.1) is 11.3 Å². The molecule has 0 radical (unpaired) electrons. The zero-order valence-electron chi connectivity index (χ0n) is 13.8. The second-order valence-electron chi connectivity index (χ2n) is 5.65. The number of aliphatic hydroxyl groups excluding tert-OH is 1. The van der Waals surface area contributed by atoms with Crippen molar-refractivity contribution in [1.82, 2.24) is 4.98 Å². The van der Waals surface area contributed by atoms with Gasteiger partial charge in [-0.2, -0.15) is 0 Å². The first-order valence-corrected chi connectivity index (χ1v) is 10.3. The van der Waals surface area contributed by atoms with Crippen LogP contribution in [0.5, 0.6) is 0 Å². The van der Waals surface area contributed by atoms with Crippen LogP contribution in [0.15, 0.2) is 46.7 Å². The topological polar surface area (TPSA) is 79.3 Å². The molecule has 0 aliphatic rings. The number of thiazole rings is 1. The molecular formula is C17H13ClF2N2O3S2. The van der Waals surface area contributed by atoms with E-state index in [4.69, 9.17) is 11.6 Å². The van der Waals surface area contributed by atoms with Crippen LogP contribution >= 0.6 is 22.9 Å². The molecule has 10 heteroatoms. The summed E-state index contributed by atoms with van der Waals surface area (Å²) < 4.78 is 54.0. The molecule has 2 N–H and O–H groups in total. The summed E-state index contributed by atoms with van der Waals surface area (Å²) in [5, 5.41) is 12.0. The van der Waals surface area contributed by atoms with Crippen LogP contribution in [-0.4, -0.2) is 18.5 Å². The lowest BCUT2D eigenvalue weighted by molar-refractivity contribution is 0.215. The summed E-state index contributed by atoms with van der Waals surface area (Å²) in [5.41, 5.74) is 0.419. The minimum atomic E-state index is -3.95. The monoisotopic (exact) mass is 430 g/mol. The molecule has 1 aromatic heterocycles. The molecule has 0 spiro atoms. The fourth-order valence-electron chi connectivity index (χ4n) is 2.41. The first kappa shape index (κ1) is 19.7. The van der Waals surface area contributed by atoms with Gasteiger partial charge in [0.05, 0.1) is 10.6 Å². The van der Waals surface area contributed by atoms with E-state index in [2.05, 4.69) is 9.71 Å². The minimum absolute atomic E-state index is 0.000278. The highest BCUT2D eigenvalue weighted by Crippen LogP contribution is 2.29. The van der Waals surface area contributed by atoms with Gasteiger partial charge in [-0.3, -0.25) is 4.72 Å². The van der Waals surface area contributed by atoms with Gasteiger partial charge in [-0.25, -0.2) is 22.2 Å². The molecular weight excluding hydrogens is 418 g/mol. The second-order valence-corrected chi connectivity index (χ2v) is 8.57. The predicted octanol–water partition coefficient (Wildman–Crippen LogP) is 4.27. The minimum Gasteiger partial charge on any atom is -0.382 e. The SMILES string of the molecule is Cc1c(Cl)cccc1S(=O)(=O)Nc1nc(C(O)c2cc(F)cc(F)c2)cs1. The van der Waals surface area contributed by atoms with E-state index in [0.29, 0.717) is 16.7 Å². The summed E-state index contributed by atoms with van der Waals surface area (Å²) in [6.07, 6.45) is -1.40. The molecule has 5 nitrogen and oxygen atoms in total. The molecule has 0 saturated carbocycles. The Morgan fingerprint density at radius 2 is 1.89 bits per heavy atom. The van der Waals surface area contributed by atoms with Gasteiger partial charge in [0.15, 0.2) is 5.13 Å². The van der Waals surface area contributed by atoms with Crippen LogP contribution in [0.25, 0.3) is 0 Å². The fourth-order valence-corrected chi connectivity index (χ4v) is 4.89. The van der Waals surface area contributed by atoms with Crippen LogP contribution in [0.2, 0.25) is 5.02 Å². The first-order valence-electron chi connectivity index (χ1n) is 7.55. The van der Waals surface area contributed by atoms with Crippen molar-refractivity contribution in [3.8, 4) is 0 Å². The smallest absolute Gasteiger partial charge is 0.263 e. The fraction of sp³-hybridized carbons (Fsp3) is 0.118. The van der Waals surface area contributed by atoms with Gasteiger partial charge in [0.1, 0.15) is 17.7 Å². The molecule has 1 atom stereocenters. The summed E-state index contributed by atoms with van der Waals surface area (Å²) in [4.78, 5) is 4.01. The van der Waals surface area contributed by atoms with Crippen LogP contribution in [0.1, 0.15) is 22.9 Å². The Morgan fingerprint density at radius 3 is 2.56 bits per heavy atom. The molecule has 3 aromatic rings. The number of benzene rings is 2. The number of aromatic nitrogens is 1. The van der Waals surface area contributed by atoms with E-state index in [1.54, 1.807) is 13.0 Å². The number of hydrogen-bond acceptors (Lipinski definition) is 5. The molecule has 1 heterocycles. The number of rotatable bonds is 5. The summed E-state index contributed by atoms with van der Waals surface area (Å²) in [6.45, 7) is 1.58. The molecule has 0 saturated heterocycles. The molecule has 2 aromatic carbocycles. The highest BCUT2D eigenvalue weighted by atomic mass is 35.5. The van der Waals surface area contributed by atoms with Gasteiger partial charge in [0, 0.05) is 16.5 Å². The average Bonchev–Trinajstić information content (AvgIpc) is 3.03. The third kappa shape index (κ3) is 4.27. The molecule has 0 amide bonds. The quantitative estimate of drug-likeness (QED) is 0.633. The Balaban J connectivity index is 1.86. The number of anilines is 1. The number of nitrogens with zero attached hydrogens (tertiary/aromatic N) is 1. The standard InChI is InChI=1S/C17H13ClF2N2O3S2/c1-9-13(18)3-2-4-15(9)27(24,25)22-17-21-14(8-26-17)16(23)10-5-11(19)7-12(20)6-10/h2-8,16,23H,1H3,(H,21,22). The van der Waals surface area contributed by atoms with Crippen molar-refractivity contribution in [2.75, 3.05) is 4.72 Å². The van der Waals surface area contributed by atoms with Crippen molar-refractivity contribution in [2.45, 2.75) is 17.9 Å². The Kier molecular flexibility index (Phi) is 5.48. The number of aliphatic hydroxyl groups is 1. The zero-order chi connectivity index (χ0) is 19.8. The molecule has 0 aliphatic heterocycles. The van der Waals surface area contributed by atoms with Crippen LogP contribution in [0.3, 0.4) is 0 Å². The van der Waals surface area contributed by atoms with Crippen LogP contribution < -0.4 is 4.72 Å². The molecule has 1 unspecified atom stereocenters. The van der Waals surface area contributed by atoms with Crippen molar-refractivity contribution >= 4 is 38.1 Å². The van der Waals surface area contributed by atoms with Crippen molar-refractivity contribution < 1.29 is 22.3 Å². The Morgan fingerprint density at radius 1 is 1.22 bits per heavy atom. The van der Waals surface area contributed by atoms with E-state index in [1.165, 1.54) is 17.5 Å².